The summed E-state index contributed by atoms with van der Waals surface area (Å²) in [5.74, 6) is 1.29. The maximum atomic E-state index is 4.58. The molecule has 0 aliphatic carbocycles. The van der Waals surface area contributed by atoms with E-state index >= 15 is 0 Å². The van der Waals surface area contributed by atoms with E-state index in [-0.39, 0.29) is 0 Å². The Balaban J connectivity index is 2.43. The summed E-state index contributed by atoms with van der Waals surface area (Å²) in [6, 6.07) is 2.58. The highest BCUT2D eigenvalue weighted by atomic mass is 32.2. The molecule has 2 nitrogen and oxygen atoms in total. The first kappa shape index (κ1) is 16.5. The molecule has 0 saturated carbocycles. The van der Waals surface area contributed by atoms with Gasteiger partial charge in [0.2, 0.25) is 0 Å². The molecule has 1 atom stereocenters. The van der Waals surface area contributed by atoms with E-state index in [2.05, 4.69) is 50.3 Å². The second-order valence-corrected chi connectivity index (χ2v) is 6.29. The zero-order valence-electron chi connectivity index (χ0n) is 13.0. The van der Waals surface area contributed by atoms with Crippen molar-refractivity contribution in [2.24, 2.45) is 0 Å². The van der Waals surface area contributed by atoms with E-state index in [1.807, 2.05) is 11.8 Å². The summed E-state index contributed by atoms with van der Waals surface area (Å²) in [6.45, 7) is 9.71. The smallest absolute Gasteiger partial charge is 0.0426 e. The minimum Gasteiger partial charge on any atom is -0.310 e. The number of aryl methyl sites for hydroxylation is 3. The van der Waals surface area contributed by atoms with Gasteiger partial charge in [0.25, 0.3) is 0 Å². The average Bonchev–Trinajstić information content (AvgIpc) is 2.32. The molecule has 19 heavy (non-hydrogen) atoms. The van der Waals surface area contributed by atoms with Crippen LogP contribution in [0.15, 0.2) is 6.07 Å². The average molecular weight is 280 g/mol. The monoisotopic (exact) mass is 280 g/mol. The number of unbranched alkanes of at least 4 members (excludes halogenated alkanes) is 2. The lowest BCUT2D eigenvalue weighted by Crippen LogP contribution is -2.22. The van der Waals surface area contributed by atoms with Crippen molar-refractivity contribution in [3.8, 4) is 0 Å². The van der Waals surface area contributed by atoms with Crippen molar-refractivity contribution in [2.45, 2.75) is 53.0 Å². The lowest BCUT2D eigenvalue weighted by molar-refractivity contribution is 0.539. The summed E-state index contributed by atoms with van der Waals surface area (Å²) in [5.41, 5.74) is 5.00. The molecule has 0 aliphatic heterocycles. The van der Waals surface area contributed by atoms with Crippen LogP contribution in [0.4, 0.5) is 0 Å². The third-order valence-electron chi connectivity index (χ3n) is 3.49. The Kier molecular flexibility index (Phi) is 7.47. The minimum absolute atomic E-state index is 0.397. The van der Waals surface area contributed by atoms with Crippen molar-refractivity contribution in [1.29, 1.82) is 0 Å². The quantitative estimate of drug-likeness (QED) is 0.723. The van der Waals surface area contributed by atoms with E-state index in [1.54, 1.807) is 0 Å². The predicted molar refractivity (Wildman–Crippen MR) is 87.1 cm³/mol. The van der Waals surface area contributed by atoms with Gasteiger partial charge in [-0.25, -0.2) is 0 Å². The second-order valence-electron chi connectivity index (χ2n) is 5.31. The SMILES string of the molecule is CSCCCCCNC(C)c1c(C)cc(C)nc1C. The summed E-state index contributed by atoms with van der Waals surface area (Å²) in [5, 5.41) is 3.63. The van der Waals surface area contributed by atoms with Crippen LogP contribution in [0.5, 0.6) is 0 Å². The molecular formula is C16H28N2S. The van der Waals surface area contributed by atoms with Crippen LogP contribution in [-0.2, 0) is 0 Å². The lowest BCUT2D eigenvalue weighted by Gasteiger charge is -2.19. The fourth-order valence-electron chi connectivity index (χ4n) is 2.66. The van der Waals surface area contributed by atoms with Crippen LogP contribution in [0.25, 0.3) is 0 Å². The standard InChI is InChI=1S/C16H28N2S/c1-12-11-13(2)18-15(4)16(12)14(3)17-9-7-6-8-10-19-5/h11,14,17H,6-10H2,1-5H3. The first-order chi connectivity index (χ1) is 9.06. The van der Waals surface area contributed by atoms with Crippen LogP contribution in [0, 0.1) is 20.8 Å². The number of thioether (sulfide) groups is 1. The van der Waals surface area contributed by atoms with Crippen molar-refractivity contribution in [2.75, 3.05) is 18.6 Å². The van der Waals surface area contributed by atoms with Crippen molar-refractivity contribution in [3.05, 3.63) is 28.6 Å². The van der Waals surface area contributed by atoms with Crippen LogP contribution in [0.1, 0.15) is 54.7 Å². The molecule has 0 radical (unpaired) electrons. The summed E-state index contributed by atoms with van der Waals surface area (Å²) < 4.78 is 0. The Hall–Kier alpha value is -0.540. The number of hydrogen-bond donors (Lipinski definition) is 1. The second kappa shape index (κ2) is 8.60. The molecule has 1 N–H and O–H groups in total. The maximum absolute atomic E-state index is 4.58. The number of nitrogens with one attached hydrogen (secondary N) is 1. The van der Waals surface area contributed by atoms with Crippen molar-refractivity contribution in [1.82, 2.24) is 10.3 Å². The van der Waals surface area contributed by atoms with Crippen molar-refractivity contribution < 1.29 is 0 Å². The molecule has 0 fully saturated rings. The van der Waals surface area contributed by atoms with Crippen molar-refractivity contribution in [3.63, 3.8) is 0 Å². The highest BCUT2D eigenvalue weighted by Gasteiger charge is 2.12. The van der Waals surface area contributed by atoms with Gasteiger partial charge in [0.15, 0.2) is 0 Å². The van der Waals surface area contributed by atoms with Crippen LogP contribution < -0.4 is 5.32 Å². The molecular weight excluding hydrogens is 252 g/mol. The molecule has 0 amide bonds. The molecule has 0 aromatic carbocycles. The Morgan fingerprint density at radius 3 is 2.58 bits per heavy atom. The molecule has 0 saturated heterocycles. The Morgan fingerprint density at radius 2 is 1.95 bits per heavy atom. The summed E-state index contributed by atoms with van der Waals surface area (Å²) in [4.78, 5) is 4.58. The number of nitrogens with zero attached hydrogens (tertiary/aromatic N) is 1. The van der Waals surface area contributed by atoms with Gasteiger partial charge in [-0.1, -0.05) is 6.42 Å². The normalized spacial score (nSPS) is 12.7. The highest BCUT2D eigenvalue weighted by Crippen LogP contribution is 2.21. The third kappa shape index (κ3) is 5.53. The minimum atomic E-state index is 0.397. The van der Waals surface area contributed by atoms with Gasteiger partial charge in [-0.15, -0.1) is 0 Å². The fourth-order valence-corrected chi connectivity index (χ4v) is 3.15. The third-order valence-corrected chi connectivity index (χ3v) is 4.19. The largest absolute Gasteiger partial charge is 0.310 e. The zero-order chi connectivity index (χ0) is 14.3. The van der Waals surface area contributed by atoms with E-state index in [9.17, 15) is 0 Å². The summed E-state index contributed by atoms with van der Waals surface area (Å²) in [6.07, 6.45) is 6.10. The first-order valence-corrected chi connectivity index (χ1v) is 8.62. The Bertz CT molecular complexity index is 367. The molecule has 3 heteroatoms. The van der Waals surface area contributed by atoms with Gasteiger partial charge < -0.3 is 5.32 Å². The van der Waals surface area contributed by atoms with E-state index in [0.29, 0.717) is 6.04 Å². The Morgan fingerprint density at radius 1 is 1.21 bits per heavy atom. The number of pyridine rings is 1. The molecule has 1 aromatic heterocycles. The van der Waals surface area contributed by atoms with Crippen LogP contribution in [0.3, 0.4) is 0 Å². The topological polar surface area (TPSA) is 24.9 Å². The van der Waals surface area contributed by atoms with E-state index in [1.165, 1.54) is 41.8 Å². The lowest BCUT2D eigenvalue weighted by atomic mass is 10.0. The van der Waals surface area contributed by atoms with Gasteiger partial charge in [0.05, 0.1) is 0 Å². The number of aromatic nitrogens is 1. The molecule has 0 bridgehead atoms. The van der Waals surface area contributed by atoms with Crippen LogP contribution in [-0.4, -0.2) is 23.5 Å². The van der Waals surface area contributed by atoms with Gasteiger partial charge in [-0.3, -0.25) is 4.98 Å². The van der Waals surface area contributed by atoms with E-state index in [4.69, 9.17) is 0 Å². The summed E-state index contributed by atoms with van der Waals surface area (Å²) >= 11 is 1.94. The van der Waals surface area contributed by atoms with Gasteiger partial charge in [0, 0.05) is 17.4 Å². The Labute approximate surface area is 122 Å². The zero-order valence-corrected chi connectivity index (χ0v) is 13.9. The summed E-state index contributed by atoms with van der Waals surface area (Å²) in [7, 11) is 0. The molecule has 0 spiro atoms. The van der Waals surface area contributed by atoms with E-state index < -0.39 is 0 Å². The fraction of sp³-hybridized carbons (Fsp3) is 0.688. The number of rotatable bonds is 8. The predicted octanol–water partition coefficient (Wildman–Crippen LogP) is 4.19. The van der Waals surface area contributed by atoms with Gasteiger partial charge >= 0.3 is 0 Å². The van der Waals surface area contributed by atoms with Crippen molar-refractivity contribution >= 4 is 11.8 Å². The number of hydrogen-bond acceptors (Lipinski definition) is 3. The molecule has 1 heterocycles. The molecule has 0 aliphatic rings. The molecule has 1 aromatic rings. The maximum Gasteiger partial charge on any atom is 0.0426 e. The highest BCUT2D eigenvalue weighted by molar-refractivity contribution is 7.98. The molecule has 108 valence electrons. The molecule has 1 unspecified atom stereocenters. The van der Waals surface area contributed by atoms with Crippen LogP contribution in [0.2, 0.25) is 0 Å². The van der Waals surface area contributed by atoms with Gasteiger partial charge in [0.1, 0.15) is 0 Å². The van der Waals surface area contributed by atoms with Crippen LogP contribution >= 0.6 is 11.8 Å². The van der Waals surface area contributed by atoms with Gasteiger partial charge in [-0.05, 0) is 76.3 Å². The van der Waals surface area contributed by atoms with Gasteiger partial charge in [-0.2, -0.15) is 11.8 Å². The molecule has 1 rings (SSSR count). The van der Waals surface area contributed by atoms with E-state index in [0.717, 1.165) is 12.2 Å². The first-order valence-electron chi connectivity index (χ1n) is 7.23.